The van der Waals surface area contributed by atoms with Crippen molar-refractivity contribution in [2.45, 2.75) is 12.8 Å². The lowest BCUT2D eigenvalue weighted by atomic mass is 10.1. The van der Waals surface area contributed by atoms with Gasteiger partial charge in [0.2, 0.25) is 11.8 Å². The molecule has 2 amide bonds. The van der Waals surface area contributed by atoms with Crippen molar-refractivity contribution in [3.05, 3.63) is 40.3 Å². The van der Waals surface area contributed by atoms with Gasteiger partial charge in [-0.2, -0.15) is 10.4 Å². The van der Waals surface area contributed by atoms with Gasteiger partial charge in [0.15, 0.2) is 0 Å². The van der Waals surface area contributed by atoms with E-state index in [4.69, 9.17) is 5.26 Å². The minimum absolute atomic E-state index is 0.00287. The van der Waals surface area contributed by atoms with Crippen molar-refractivity contribution in [3.8, 4) is 6.07 Å². The van der Waals surface area contributed by atoms with Crippen LogP contribution in [0, 0.1) is 11.3 Å². The average molecular weight is 313 g/mol. The maximum Gasteiger partial charge on any atom is 0.272 e. The zero-order chi connectivity index (χ0) is 16.7. The Labute approximate surface area is 131 Å². The maximum absolute atomic E-state index is 11.9. The SMILES string of the molecule is N#CCNC(=O)CCNC(=O)Cc1n[nH]c(=O)c2ccccc12. The number of H-pyrrole nitrogens is 1. The summed E-state index contributed by atoms with van der Waals surface area (Å²) in [7, 11) is 0. The highest BCUT2D eigenvalue weighted by Crippen LogP contribution is 2.12. The predicted molar refractivity (Wildman–Crippen MR) is 82.3 cm³/mol. The second kappa shape index (κ2) is 7.70. The number of aromatic amines is 1. The first kappa shape index (κ1) is 16.2. The monoisotopic (exact) mass is 313 g/mol. The van der Waals surface area contributed by atoms with Crippen molar-refractivity contribution in [3.63, 3.8) is 0 Å². The number of aromatic nitrogens is 2. The fourth-order valence-electron chi connectivity index (χ4n) is 2.06. The number of nitriles is 1. The topological polar surface area (TPSA) is 128 Å². The number of hydrogen-bond acceptors (Lipinski definition) is 5. The van der Waals surface area contributed by atoms with Gasteiger partial charge in [0, 0.05) is 18.4 Å². The molecule has 0 saturated carbocycles. The maximum atomic E-state index is 11.9. The Morgan fingerprint density at radius 1 is 1.17 bits per heavy atom. The molecule has 1 aromatic carbocycles. The fraction of sp³-hybridized carbons (Fsp3) is 0.267. The van der Waals surface area contributed by atoms with E-state index in [0.29, 0.717) is 16.5 Å². The number of fused-ring (bicyclic) bond motifs is 1. The summed E-state index contributed by atoms with van der Waals surface area (Å²) in [4.78, 5) is 34.9. The molecule has 0 radical (unpaired) electrons. The van der Waals surface area contributed by atoms with Crippen LogP contribution in [0.1, 0.15) is 12.1 Å². The molecule has 0 spiro atoms. The van der Waals surface area contributed by atoms with Crippen LogP contribution in [0.4, 0.5) is 0 Å². The molecule has 0 aliphatic rings. The normalized spacial score (nSPS) is 10.0. The second-order valence-corrected chi connectivity index (χ2v) is 4.76. The Morgan fingerprint density at radius 2 is 1.91 bits per heavy atom. The van der Waals surface area contributed by atoms with Gasteiger partial charge in [0.25, 0.3) is 5.56 Å². The van der Waals surface area contributed by atoms with Crippen LogP contribution in [-0.2, 0) is 16.0 Å². The van der Waals surface area contributed by atoms with E-state index in [9.17, 15) is 14.4 Å². The van der Waals surface area contributed by atoms with E-state index in [-0.39, 0.29) is 43.3 Å². The van der Waals surface area contributed by atoms with Gasteiger partial charge >= 0.3 is 0 Å². The molecule has 0 saturated heterocycles. The largest absolute Gasteiger partial charge is 0.355 e. The number of carbonyl (C=O) groups excluding carboxylic acids is 2. The van der Waals surface area contributed by atoms with Gasteiger partial charge in [-0.05, 0) is 6.07 Å². The first-order chi connectivity index (χ1) is 11.1. The predicted octanol–water partition coefficient (Wildman–Crippen LogP) is -0.388. The van der Waals surface area contributed by atoms with Crippen LogP contribution in [0.15, 0.2) is 29.1 Å². The molecular formula is C15H15N5O3. The Bertz CT molecular complexity index is 822. The highest BCUT2D eigenvalue weighted by Gasteiger charge is 2.10. The molecule has 1 aromatic heterocycles. The van der Waals surface area contributed by atoms with Crippen molar-refractivity contribution >= 4 is 22.6 Å². The van der Waals surface area contributed by atoms with Gasteiger partial charge in [-0.15, -0.1) is 0 Å². The van der Waals surface area contributed by atoms with Crippen molar-refractivity contribution in [1.29, 1.82) is 5.26 Å². The number of nitrogens with zero attached hydrogens (tertiary/aromatic N) is 2. The van der Waals surface area contributed by atoms with Crippen LogP contribution in [0.3, 0.4) is 0 Å². The van der Waals surface area contributed by atoms with Gasteiger partial charge in [0.05, 0.1) is 23.6 Å². The van der Waals surface area contributed by atoms with Gasteiger partial charge in [-0.3, -0.25) is 14.4 Å². The molecule has 8 heteroatoms. The molecule has 23 heavy (non-hydrogen) atoms. The molecule has 0 aliphatic heterocycles. The standard InChI is InChI=1S/C15H15N5O3/c16-6-8-18-13(21)5-7-17-14(22)9-12-10-3-1-2-4-11(10)15(23)20-19-12/h1-4H,5,7-9H2,(H,17,22)(H,18,21)(H,20,23). The molecule has 0 unspecified atom stereocenters. The molecule has 2 rings (SSSR count). The lowest BCUT2D eigenvalue weighted by Crippen LogP contribution is -2.32. The minimum Gasteiger partial charge on any atom is -0.355 e. The van der Waals surface area contributed by atoms with E-state index in [0.717, 1.165) is 0 Å². The third-order valence-electron chi connectivity index (χ3n) is 3.14. The zero-order valence-electron chi connectivity index (χ0n) is 12.3. The summed E-state index contributed by atoms with van der Waals surface area (Å²) >= 11 is 0. The van der Waals surface area contributed by atoms with Crippen LogP contribution in [-0.4, -0.2) is 35.1 Å². The molecule has 1 heterocycles. The Balaban J connectivity index is 1.94. The Morgan fingerprint density at radius 3 is 2.65 bits per heavy atom. The van der Waals surface area contributed by atoms with E-state index >= 15 is 0 Å². The van der Waals surface area contributed by atoms with Gasteiger partial charge < -0.3 is 10.6 Å². The van der Waals surface area contributed by atoms with Gasteiger partial charge in [0.1, 0.15) is 6.54 Å². The van der Waals surface area contributed by atoms with Gasteiger partial charge in [-0.25, -0.2) is 5.10 Å². The van der Waals surface area contributed by atoms with Crippen LogP contribution >= 0.6 is 0 Å². The van der Waals surface area contributed by atoms with E-state index < -0.39 is 0 Å². The zero-order valence-corrected chi connectivity index (χ0v) is 12.3. The molecule has 0 bridgehead atoms. The number of hydrogen-bond donors (Lipinski definition) is 3. The smallest absolute Gasteiger partial charge is 0.272 e. The Hall–Kier alpha value is -3.21. The highest BCUT2D eigenvalue weighted by molar-refractivity contribution is 5.88. The molecule has 0 fully saturated rings. The number of rotatable bonds is 6. The highest BCUT2D eigenvalue weighted by atomic mass is 16.2. The minimum atomic E-state index is -0.307. The third kappa shape index (κ3) is 4.38. The van der Waals surface area contributed by atoms with Crippen molar-refractivity contribution in [2.75, 3.05) is 13.1 Å². The summed E-state index contributed by atoms with van der Waals surface area (Å²) in [6.07, 6.45) is 0.0876. The lowest BCUT2D eigenvalue weighted by molar-refractivity contribution is -0.121. The first-order valence-electron chi connectivity index (χ1n) is 6.98. The molecule has 0 aliphatic carbocycles. The Kier molecular flexibility index (Phi) is 5.41. The lowest BCUT2D eigenvalue weighted by Gasteiger charge is -2.06. The van der Waals surface area contributed by atoms with Crippen LogP contribution in [0.25, 0.3) is 10.8 Å². The van der Waals surface area contributed by atoms with Gasteiger partial charge in [-0.1, -0.05) is 18.2 Å². The van der Waals surface area contributed by atoms with Crippen molar-refractivity contribution in [2.24, 2.45) is 0 Å². The quantitative estimate of drug-likeness (QED) is 0.626. The average Bonchev–Trinajstić information content (AvgIpc) is 2.56. The molecule has 2 aromatic rings. The van der Waals surface area contributed by atoms with E-state index in [1.807, 2.05) is 0 Å². The molecule has 8 nitrogen and oxygen atoms in total. The number of benzene rings is 1. The summed E-state index contributed by atoms with van der Waals surface area (Å²) in [6.45, 7) is 0.109. The van der Waals surface area contributed by atoms with E-state index in [2.05, 4.69) is 20.8 Å². The fourth-order valence-corrected chi connectivity index (χ4v) is 2.06. The van der Waals surface area contributed by atoms with Crippen LogP contribution in [0.5, 0.6) is 0 Å². The van der Waals surface area contributed by atoms with E-state index in [1.54, 1.807) is 30.3 Å². The summed E-state index contributed by atoms with van der Waals surface area (Å²) in [5.74, 6) is -0.609. The third-order valence-corrected chi connectivity index (χ3v) is 3.14. The molecule has 118 valence electrons. The second-order valence-electron chi connectivity index (χ2n) is 4.76. The summed E-state index contributed by atoms with van der Waals surface area (Å²) in [6, 6.07) is 8.70. The first-order valence-corrected chi connectivity index (χ1v) is 6.98. The van der Waals surface area contributed by atoms with Crippen LogP contribution < -0.4 is 16.2 Å². The summed E-state index contributed by atoms with van der Waals surface area (Å²) in [5, 5.41) is 20.7. The molecule has 0 atom stereocenters. The number of carbonyl (C=O) groups is 2. The van der Waals surface area contributed by atoms with Crippen LogP contribution in [0.2, 0.25) is 0 Å². The van der Waals surface area contributed by atoms with Crippen molar-refractivity contribution < 1.29 is 9.59 Å². The van der Waals surface area contributed by atoms with Crippen molar-refractivity contribution in [1.82, 2.24) is 20.8 Å². The molecular weight excluding hydrogens is 298 g/mol. The molecule has 3 N–H and O–H groups in total. The van der Waals surface area contributed by atoms with E-state index in [1.165, 1.54) is 0 Å². The number of nitrogens with one attached hydrogen (secondary N) is 3. The summed E-state index contributed by atoms with van der Waals surface area (Å²) < 4.78 is 0. The number of amides is 2. The summed E-state index contributed by atoms with van der Waals surface area (Å²) in [5.41, 5.74) is 0.158.